The third-order valence-electron chi connectivity index (χ3n) is 4.33. The molecule has 2 aromatic heterocycles. The first-order valence-corrected chi connectivity index (χ1v) is 13.6. The van der Waals surface area contributed by atoms with Crippen LogP contribution in [0.2, 0.25) is 10.0 Å². The van der Waals surface area contributed by atoms with Gasteiger partial charge in [0.15, 0.2) is 9.80 Å². The third kappa shape index (κ3) is 12.9. The Labute approximate surface area is 246 Å². The summed E-state index contributed by atoms with van der Waals surface area (Å²) in [7, 11) is -3.52. The highest BCUT2D eigenvalue weighted by atomic mass is 35.5. The Kier molecular flexibility index (Phi) is 14.6. The van der Waals surface area contributed by atoms with Gasteiger partial charge < -0.3 is 25.9 Å². The molecule has 0 spiro atoms. The maximum atomic E-state index is 12.2. The molecule has 212 valence electrons. The fourth-order valence-electron chi connectivity index (χ4n) is 2.26. The lowest BCUT2D eigenvalue weighted by molar-refractivity contribution is 0.459. The maximum Gasteiger partial charge on any atom is 0.231 e. The van der Waals surface area contributed by atoms with Gasteiger partial charge in [-0.1, -0.05) is 35.3 Å². The fraction of sp³-hybridized carbons (Fsp3) is 0.0769. The van der Waals surface area contributed by atoms with Gasteiger partial charge >= 0.3 is 0 Å². The molecule has 9 nitrogen and oxygen atoms in total. The van der Waals surface area contributed by atoms with Gasteiger partial charge in [-0.15, -0.1) is 0 Å². The molecule has 0 amide bonds. The number of pyridine rings is 2. The van der Waals surface area contributed by atoms with Crippen LogP contribution in [0.5, 0.6) is 17.4 Å². The van der Waals surface area contributed by atoms with Gasteiger partial charge in [0.25, 0.3) is 0 Å². The van der Waals surface area contributed by atoms with E-state index in [1.807, 2.05) is 19.1 Å². The minimum atomic E-state index is -3.52. The van der Waals surface area contributed by atoms with E-state index in [1.165, 1.54) is 22.6 Å². The average molecular weight is 628 g/mol. The van der Waals surface area contributed by atoms with E-state index < -0.39 is 9.80 Å². The second-order valence-corrected chi connectivity index (χ2v) is 10.3. The Morgan fingerprint density at radius 1 is 0.975 bits per heavy atom. The summed E-state index contributed by atoms with van der Waals surface area (Å²) in [5.74, 6) is 0.950. The Morgan fingerprint density at radius 3 is 1.93 bits per heavy atom. The Hall–Kier alpha value is -3.77. The summed E-state index contributed by atoms with van der Waals surface area (Å²) in [5.41, 5.74) is 13.4. The first kappa shape index (κ1) is 34.3. The highest BCUT2D eigenvalue weighted by Gasteiger charge is 2.04. The van der Waals surface area contributed by atoms with Crippen LogP contribution < -0.4 is 16.2 Å². The predicted molar refractivity (Wildman–Crippen MR) is 161 cm³/mol. The van der Waals surface area contributed by atoms with Crippen molar-refractivity contribution in [2.24, 2.45) is 0 Å². The van der Waals surface area contributed by atoms with Gasteiger partial charge in [-0.3, -0.25) is 4.79 Å². The highest BCUT2D eigenvalue weighted by molar-refractivity contribution is 8.13. The standard InChI is InChI=1S/C12H11ClN2O.C6H6ClNO.C6H6FN.C2H2O3S2/c1-8-3-2-6-15-12(8)16-9-4-5-11(14)10(13)7-9;7-5-3-4(9)1-2-6(5)8;1-5-3-2-4-8-6(5)7;3-1-7(4,5)2-6/h2-7H,14H2,1H3;1-3,9H,8H2;2-4H,1H3;1H,(H,4,5). The first-order valence-electron chi connectivity index (χ1n) is 10.9. The highest BCUT2D eigenvalue weighted by Crippen LogP contribution is 2.28. The van der Waals surface area contributed by atoms with Crippen LogP contribution in [0.1, 0.15) is 11.1 Å². The molecule has 1 atom stereocenters. The topological polar surface area (TPSA) is 162 Å². The quantitative estimate of drug-likeness (QED) is 0.0663. The summed E-state index contributed by atoms with van der Waals surface area (Å²) in [6, 6.07) is 16.8. The number of phenols is 1. The molecule has 6 N–H and O–H groups in total. The minimum Gasteiger partial charge on any atom is -0.508 e. The Morgan fingerprint density at radius 2 is 1.52 bits per heavy atom. The second-order valence-electron chi connectivity index (χ2n) is 7.48. The molecule has 2 aromatic carbocycles. The number of anilines is 2. The number of nitrogens with two attached hydrogens (primary N) is 2. The number of carbonyl (C=O) groups excluding carboxylic acids is 1. The van der Waals surface area contributed by atoms with Crippen LogP contribution in [0.3, 0.4) is 0 Å². The number of halogens is 3. The van der Waals surface area contributed by atoms with Crippen LogP contribution in [0.25, 0.3) is 0 Å². The maximum absolute atomic E-state index is 12.2. The number of rotatable bonds is 3. The summed E-state index contributed by atoms with van der Waals surface area (Å²) >= 11 is 15.3. The summed E-state index contributed by atoms with van der Waals surface area (Å²) < 4.78 is 37.3. The van der Waals surface area contributed by atoms with Crippen LogP contribution >= 0.6 is 35.4 Å². The molecule has 4 aromatic rings. The van der Waals surface area contributed by atoms with Crippen LogP contribution in [0.15, 0.2) is 73.1 Å². The van der Waals surface area contributed by atoms with E-state index >= 15 is 0 Å². The van der Waals surface area contributed by atoms with E-state index in [0.29, 0.717) is 38.6 Å². The third-order valence-corrected chi connectivity index (χ3v) is 6.20. The Bertz CT molecular complexity index is 1560. The second kappa shape index (κ2) is 17.0. The van der Waals surface area contributed by atoms with Crippen molar-refractivity contribution >= 4 is 66.5 Å². The zero-order chi connectivity index (χ0) is 30.3. The predicted octanol–water partition coefficient (Wildman–Crippen LogP) is 6.34. The van der Waals surface area contributed by atoms with Crippen molar-refractivity contribution < 1.29 is 27.8 Å². The number of benzene rings is 2. The van der Waals surface area contributed by atoms with Crippen molar-refractivity contribution in [2.45, 2.75) is 13.8 Å². The van der Waals surface area contributed by atoms with E-state index in [4.69, 9.17) is 49.1 Å². The molecule has 40 heavy (non-hydrogen) atoms. The number of nitrogen functional groups attached to an aromatic ring is 2. The summed E-state index contributed by atoms with van der Waals surface area (Å²) in [4.78, 5) is 16.9. The molecular formula is C26H25Cl2FN4O5S2. The number of nitrogens with zero attached hydrogens (tertiary/aromatic N) is 2. The van der Waals surface area contributed by atoms with Crippen molar-refractivity contribution in [3.63, 3.8) is 0 Å². The monoisotopic (exact) mass is 626 g/mol. The van der Waals surface area contributed by atoms with E-state index in [2.05, 4.69) is 22.2 Å². The molecule has 0 aliphatic rings. The van der Waals surface area contributed by atoms with Crippen LogP contribution in [-0.4, -0.2) is 33.8 Å². The zero-order valence-electron chi connectivity index (χ0n) is 21.1. The largest absolute Gasteiger partial charge is 0.508 e. The number of carbonyl (C=O) groups is 1. The number of aromatic hydroxyl groups is 1. The molecule has 4 rings (SSSR count). The van der Waals surface area contributed by atoms with Gasteiger partial charge in [0.05, 0.1) is 21.4 Å². The molecule has 0 radical (unpaired) electrons. The van der Waals surface area contributed by atoms with Gasteiger partial charge in [-0.25, -0.2) is 14.2 Å². The zero-order valence-corrected chi connectivity index (χ0v) is 24.3. The number of hydrogen-bond acceptors (Lipinski definition) is 9. The van der Waals surface area contributed by atoms with Crippen LogP contribution in [0, 0.1) is 19.8 Å². The average Bonchev–Trinajstić information content (AvgIpc) is 2.93. The number of hydrogen-bond donors (Lipinski definition) is 4. The van der Waals surface area contributed by atoms with E-state index in [9.17, 15) is 13.4 Å². The van der Waals surface area contributed by atoms with Crippen molar-refractivity contribution in [3.05, 3.63) is 100 Å². The lowest BCUT2D eigenvalue weighted by Crippen LogP contribution is -1.96. The number of ether oxygens (including phenoxy) is 1. The smallest absolute Gasteiger partial charge is 0.231 e. The molecule has 0 fully saturated rings. The van der Waals surface area contributed by atoms with Gasteiger partial charge in [0, 0.05) is 40.0 Å². The molecular weight excluding hydrogens is 602 g/mol. The van der Waals surface area contributed by atoms with E-state index in [1.54, 1.807) is 49.5 Å². The van der Waals surface area contributed by atoms with E-state index in [0.717, 1.165) is 5.56 Å². The SMILES string of the molecule is Cc1cccnc1F.Cc1cccnc1Oc1ccc(N)c(Cl)c1.Nc1ccc(O)cc1Cl.O=CS(=O)(O)=C=S. The molecule has 0 aliphatic heterocycles. The molecule has 14 heteroatoms. The molecule has 0 aliphatic carbocycles. The van der Waals surface area contributed by atoms with Gasteiger partial charge in [0.1, 0.15) is 11.5 Å². The normalized spacial score (nSPS) is 10.9. The lowest BCUT2D eigenvalue weighted by Gasteiger charge is -2.07. The van der Waals surface area contributed by atoms with Crippen molar-refractivity contribution in [1.29, 1.82) is 0 Å². The fourth-order valence-corrected chi connectivity index (χ4v) is 2.77. The van der Waals surface area contributed by atoms with Gasteiger partial charge in [-0.2, -0.15) is 4.39 Å². The number of thiocarbonyl (C=S) groups is 1. The molecule has 1 unspecified atom stereocenters. The number of aryl methyl sites for hydroxylation is 2. The molecule has 2 heterocycles. The Balaban J connectivity index is 0.000000286. The van der Waals surface area contributed by atoms with E-state index in [-0.39, 0.29) is 17.3 Å². The molecule has 0 saturated heterocycles. The molecule has 0 saturated carbocycles. The van der Waals surface area contributed by atoms with Crippen molar-refractivity contribution in [2.75, 3.05) is 11.5 Å². The van der Waals surface area contributed by atoms with Crippen molar-refractivity contribution in [3.8, 4) is 17.4 Å². The molecule has 0 bridgehead atoms. The summed E-state index contributed by atoms with van der Waals surface area (Å²) in [6.07, 6.45) is 3.11. The number of phenolic OH excluding ortho intramolecular Hbond substituents is 1. The lowest BCUT2D eigenvalue weighted by atomic mass is 10.3. The first-order chi connectivity index (χ1) is 18.8. The summed E-state index contributed by atoms with van der Waals surface area (Å²) in [5, 5.41) is 9.66. The van der Waals surface area contributed by atoms with Crippen LogP contribution in [-0.2, 0) is 14.6 Å². The summed E-state index contributed by atoms with van der Waals surface area (Å²) in [6.45, 7) is 3.61. The van der Waals surface area contributed by atoms with Crippen molar-refractivity contribution in [1.82, 2.24) is 9.97 Å². The minimum absolute atomic E-state index is 0.134. The van der Waals surface area contributed by atoms with Gasteiger partial charge in [0.2, 0.25) is 17.4 Å². The van der Waals surface area contributed by atoms with Gasteiger partial charge in [-0.05, 0) is 62.5 Å². The number of aromatic nitrogens is 2. The van der Waals surface area contributed by atoms with Crippen LogP contribution in [0.4, 0.5) is 15.8 Å².